The Kier molecular flexibility index (Phi) is 2.46. The van der Waals surface area contributed by atoms with E-state index in [0.717, 1.165) is 0 Å². The van der Waals surface area contributed by atoms with Gasteiger partial charge in [0.2, 0.25) is 0 Å². The molecule has 0 aliphatic carbocycles. The summed E-state index contributed by atoms with van der Waals surface area (Å²) in [6, 6.07) is 8.44. The Hall–Kier alpha value is -1.76. The summed E-state index contributed by atoms with van der Waals surface area (Å²) in [5, 5.41) is 1.31. The molecule has 0 saturated heterocycles. The summed E-state index contributed by atoms with van der Waals surface area (Å²) in [6.45, 7) is 7.95. The molecule has 1 aromatic heterocycles. The smallest absolute Gasteiger partial charge is 0.0527 e. The molecule has 0 aliphatic rings. The van der Waals surface area contributed by atoms with Gasteiger partial charge in [0.15, 0.2) is 0 Å². The van der Waals surface area contributed by atoms with E-state index in [2.05, 4.69) is 55.5 Å². The van der Waals surface area contributed by atoms with Gasteiger partial charge < -0.3 is 4.57 Å². The molecule has 2 aromatic rings. The lowest BCUT2D eigenvalue weighted by atomic mass is 10.2. The molecule has 1 heterocycles. The summed E-state index contributed by atoms with van der Waals surface area (Å²) in [5.74, 6) is 0. The lowest BCUT2D eigenvalue weighted by Gasteiger charge is -2.03. The highest BCUT2D eigenvalue weighted by atomic mass is 15.0. The third-order valence-corrected chi connectivity index (χ3v) is 2.65. The summed E-state index contributed by atoms with van der Waals surface area (Å²) in [7, 11) is 0. The Morgan fingerprint density at radius 2 is 2.07 bits per heavy atom. The van der Waals surface area contributed by atoms with Crippen LogP contribution in [0.3, 0.4) is 0 Å². The highest BCUT2D eigenvalue weighted by Gasteiger charge is 2.04. The average molecular weight is 197 g/mol. The van der Waals surface area contributed by atoms with Gasteiger partial charge >= 0.3 is 0 Å². The second-order valence-corrected chi connectivity index (χ2v) is 3.74. The van der Waals surface area contributed by atoms with Crippen molar-refractivity contribution in [1.82, 2.24) is 4.57 Å². The van der Waals surface area contributed by atoms with Gasteiger partial charge in [-0.2, -0.15) is 0 Å². The fraction of sp³-hybridized carbons (Fsp3) is 0.143. The number of aromatic nitrogens is 1. The van der Waals surface area contributed by atoms with Crippen LogP contribution in [0.25, 0.3) is 16.6 Å². The van der Waals surface area contributed by atoms with Crippen LogP contribution in [0.1, 0.15) is 12.5 Å². The van der Waals surface area contributed by atoms with E-state index in [1.807, 2.05) is 12.2 Å². The highest BCUT2D eigenvalue weighted by molar-refractivity contribution is 5.86. The summed E-state index contributed by atoms with van der Waals surface area (Å²) < 4.78 is 2.20. The largest absolute Gasteiger partial charge is 0.320 e. The molecule has 0 fully saturated rings. The molecule has 0 N–H and O–H groups in total. The number of hydrogen-bond acceptors (Lipinski definition) is 0. The van der Waals surface area contributed by atoms with Gasteiger partial charge in [-0.1, -0.05) is 30.9 Å². The van der Waals surface area contributed by atoms with Crippen molar-refractivity contribution in [3.05, 3.63) is 54.8 Å². The van der Waals surface area contributed by atoms with Crippen molar-refractivity contribution < 1.29 is 0 Å². The minimum Gasteiger partial charge on any atom is -0.320 e. The number of nitrogens with zero attached hydrogens (tertiary/aromatic N) is 1. The van der Waals surface area contributed by atoms with Crippen LogP contribution in [0.2, 0.25) is 0 Å². The summed E-state index contributed by atoms with van der Waals surface area (Å²) in [5.41, 5.74) is 3.75. The molecule has 2 rings (SSSR count). The Morgan fingerprint density at radius 3 is 2.80 bits per heavy atom. The standard InChI is InChI=1S/C14H15N/c1-4-7-12(3)15-10-11(2)13-8-5-6-9-14(13)15/h4-10H,1H2,2-3H3/b12-7+. The van der Waals surface area contributed by atoms with E-state index in [0.29, 0.717) is 0 Å². The molecule has 15 heavy (non-hydrogen) atoms. The highest BCUT2D eigenvalue weighted by Crippen LogP contribution is 2.23. The van der Waals surface area contributed by atoms with Gasteiger partial charge in [0.05, 0.1) is 5.52 Å². The van der Waals surface area contributed by atoms with E-state index in [4.69, 9.17) is 0 Å². The van der Waals surface area contributed by atoms with Crippen LogP contribution >= 0.6 is 0 Å². The zero-order chi connectivity index (χ0) is 10.8. The van der Waals surface area contributed by atoms with E-state index >= 15 is 0 Å². The molecule has 1 nitrogen and oxygen atoms in total. The minimum absolute atomic E-state index is 1.19. The Labute approximate surface area is 90.3 Å². The number of fused-ring (bicyclic) bond motifs is 1. The monoisotopic (exact) mass is 197 g/mol. The number of aryl methyl sites for hydroxylation is 1. The fourth-order valence-corrected chi connectivity index (χ4v) is 1.89. The van der Waals surface area contributed by atoms with Crippen molar-refractivity contribution in [1.29, 1.82) is 0 Å². The first kappa shape index (κ1) is 9.78. The van der Waals surface area contributed by atoms with Crippen LogP contribution in [0.15, 0.2) is 49.2 Å². The second kappa shape index (κ2) is 3.77. The number of benzene rings is 1. The average Bonchev–Trinajstić information content (AvgIpc) is 2.58. The molecule has 0 radical (unpaired) electrons. The molecular weight excluding hydrogens is 182 g/mol. The molecule has 0 amide bonds. The number of allylic oxidation sites excluding steroid dienone is 3. The van der Waals surface area contributed by atoms with E-state index in [1.54, 1.807) is 0 Å². The molecule has 0 atom stereocenters. The van der Waals surface area contributed by atoms with Gasteiger partial charge in [-0.3, -0.25) is 0 Å². The molecule has 0 aliphatic heterocycles. The van der Waals surface area contributed by atoms with Crippen LogP contribution in [0.4, 0.5) is 0 Å². The lowest BCUT2D eigenvalue weighted by molar-refractivity contribution is 1.14. The number of hydrogen-bond donors (Lipinski definition) is 0. The predicted octanol–water partition coefficient (Wildman–Crippen LogP) is 4.00. The van der Waals surface area contributed by atoms with Crippen molar-refractivity contribution in [3.63, 3.8) is 0 Å². The van der Waals surface area contributed by atoms with Gasteiger partial charge in [0.25, 0.3) is 0 Å². The number of rotatable bonds is 2. The first-order valence-corrected chi connectivity index (χ1v) is 5.10. The van der Waals surface area contributed by atoms with Gasteiger partial charge in [-0.15, -0.1) is 0 Å². The van der Waals surface area contributed by atoms with Crippen LogP contribution in [0, 0.1) is 6.92 Å². The van der Waals surface area contributed by atoms with Crippen molar-refractivity contribution in [2.75, 3.05) is 0 Å². The molecule has 1 heteroatoms. The Balaban J connectivity index is 2.72. The third-order valence-electron chi connectivity index (χ3n) is 2.65. The van der Waals surface area contributed by atoms with E-state index in [9.17, 15) is 0 Å². The number of para-hydroxylation sites is 1. The minimum atomic E-state index is 1.19. The zero-order valence-electron chi connectivity index (χ0n) is 9.20. The predicted molar refractivity (Wildman–Crippen MR) is 66.8 cm³/mol. The van der Waals surface area contributed by atoms with Crippen molar-refractivity contribution in [2.45, 2.75) is 13.8 Å². The summed E-state index contributed by atoms with van der Waals surface area (Å²) in [6.07, 6.45) is 6.01. The molecule has 76 valence electrons. The second-order valence-electron chi connectivity index (χ2n) is 3.74. The van der Waals surface area contributed by atoms with Crippen LogP contribution in [-0.2, 0) is 0 Å². The lowest BCUT2D eigenvalue weighted by Crippen LogP contribution is -1.89. The van der Waals surface area contributed by atoms with E-state index in [1.165, 1.54) is 22.2 Å². The summed E-state index contributed by atoms with van der Waals surface area (Å²) in [4.78, 5) is 0. The van der Waals surface area contributed by atoms with Crippen LogP contribution in [-0.4, -0.2) is 4.57 Å². The third kappa shape index (κ3) is 1.61. The topological polar surface area (TPSA) is 4.93 Å². The molecule has 0 spiro atoms. The van der Waals surface area contributed by atoms with Crippen LogP contribution < -0.4 is 0 Å². The molecule has 0 bridgehead atoms. The first-order chi connectivity index (χ1) is 7.24. The molecular formula is C14H15N. The van der Waals surface area contributed by atoms with Gasteiger partial charge in [-0.25, -0.2) is 0 Å². The fourth-order valence-electron chi connectivity index (χ4n) is 1.89. The first-order valence-electron chi connectivity index (χ1n) is 5.10. The zero-order valence-corrected chi connectivity index (χ0v) is 9.20. The summed E-state index contributed by atoms with van der Waals surface area (Å²) >= 11 is 0. The van der Waals surface area contributed by atoms with E-state index in [-0.39, 0.29) is 0 Å². The van der Waals surface area contributed by atoms with E-state index < -0.39 is 0 Å². The Bertz CT molecular complexity index is 529. The molecule has 0 unspecified atom stereocenters. The van der Waals surface area contributed by atoms with Crippen LogP contribution in [0.5, 0.6) is 0 Å². The van der Waals surface area contributed by atoms with Gasteiger partial charge in [-0.05, 0) is 31.6 Å². The van der Waals surface area contributed by atoms with Gasteiger partial charge in [0, 0.05) is 17.3 Å². The maximum atomic E-state index is 3.72. The van der Waals surface area contributed by atoms with Gasteiger partial charge in [0.1, 0.15) is 0 Å². The SMILES string of the molecule is C=C/C=C(\C)n1cc(C)c2ccccc21. The van der Waals surface area contributed by atoms with Crippen molar-refractivity contribution in [2.24, 2.45) is 0 Å². The molecule has 0 saturated carbocycles. The maximum Gasteiger partial charge on any atom is 0.0527 e. The van der Waals surface area contributed by atoms with Crippen molar-refractivity contribution >= 4 is 16.6 Å². The molecule has 1 aromatic carbocycles. The van der Waals surface area contributed by atoms with Crippen molar-refractivity contribution in [3.8, 4) is 0 Å². The normalized spacial score (nSPS) is 12.0. The quantitative estimate of drug-likeness (QED) is 0.641. The Morgan fingerprint density at radius 1 is 1.33 bits per heavy atom. The maximum absolute atomic E-state index is 3.72.